The molecule has 2 aromatic rings. The van der Waals surface area contributed by atoms with Crippen LogP contribution in [0.15, 0.2) is 29.2 Å². The zero-order chi connectivity index (χ0) is 15.1. The fourth-order valence-electron chi connectivity index (χ4n) is 1.52. The summed E-state index contributed by atoms with van der Waals surface area (Å²) in [5.74, 6) is -2.44. The van der Waals surface area contributed by atoms with Gasteiger partial charge >= 0.3 is 5.97 Å². The number of benzene rings is 1. The molecule has 0 radical (unpaired) electrons. The van der Waals surface area contributed by atoms with Crippen molar-refractivity contribution in [1.82, 2.24) is 9.78 Å². The fraction of sp³-hybridized carbons (Fsp3) is 0. The van der Waals surface area contributed by atoms with E-state index in [2.05, 4.69) is 5.10 Å². The summed E-state index contributed by atoms with van der Waals surface area (Å²) < 4.78 is 31.5. The Kier molecular flexibility index (Phi) is 3.12. The molecule has 1 aromatic carbocycles. The van der Waals surface area contributed by atoms with E-state index in [1.165, 1.54) is 12.1 Å². The minimum atomic E-state index is -4.33. The van der Waals surface area contributed by atoms with Gasteiger partial charge in [-0.15, -0.1) is 0 Å². The van der Waals surface area contributed by atoms with Crippen molar-refractivity contribution in [2.24, 2.45) is 0 Å². The van der Waals surface area contributed by atoms with Crippen LogP contribution in [0.2, 0.25) is 0 Å². The first-order valence-corrected chi connectivity index (χ1v) is 6.54. The molecule has 0 bridgehead atoms. The highest BCUT2D eigenvalue weighted by Crippen LogP contribution is 2.27. The van der Waals surface area contributed by atoms with Gasteiger partial charge in [-0.1, -0.05) is 0 Å². The lowest BCUT2D eigenvalue weighted by molar-refractivity contribution is 0.0687. The molecule has 10 heteroatoms. The monoisotopic (exact) mass is 299 g/mol. The number of nitrogens with two attached hydrogens (primary N) is 1. The van der Waals surface area contributed by atoms with Crippen molar-refractivity contribution in [1.29, 1.82) is 0 Å². The van der Waals surface area contributed by atoms with Crippen LogP contribution in [-0.2, 0) is 10.1 Å². The third-order valence-electron chi connectivity index (χ3n) is 2.48. The highest BCUT2D eigenvalue weighted by atomic mass is 32.2. The standard InChI is InChI=1S/C10H9N3O6S/c11-9-8(14)7(10(15)16)12-13(9)5-1-3-6(4-2-5)20(17,18)19/h1-4,14H,11H2,(H,15,16)(H,17,18,19). The predicted molar refractivity (Wildman–Crippen MR) is 66.4 cm³/mol. The Morgan fingerprint density at radius 2 is 1.80 bits per heavy atom. The van der Waals surface area contributed by atoms with Crippen molar-refractivity contribution in [3.63, 3.8) is 0 Å². The van der Waals surface area contributed by atoms with Crippen LogP contribution in [0.1, 0.15) is 10.5 Å². The summed E-state index contributed by atoms with van der Waals surface area (Å²) in [6.07, 6.45) is 0. The molecule has 0 spiro atoms. The van der Waals surface area contributed by atoms with Crippen LogP contribution in [0.3, 0.4) is 0 Å². The van der Waals surface area contributed by atoms with E-state index < -0.39 is 27.5 Å². The molecular formula is C10H9N3O6S. The molecule has 0 saturated heterocycles. The summed E-state index contributed by atoms with van der Waals surface area (Å²) in [5.41, 5.74) is 5.11. The van der Waals surface area contributed by atoms with Gasteiger partial charge in [0.2, 0.25) is 5.69 Å². The third kappa shape index (κ3) is 2.29. The number of nitrogen functional groups attached to an aromatic ring is 1. The first-order valence-electron chi connectivity index (χ1n) is 5.10. The first-order chi connectivity index (χ1) is 9.21. The molecule has 0 amide bonds. The van der Waals surface area contributed by atoms with Gasteiger partial charge in [-0.2, -0.15) is 13.5 Å². The van der Waals surface area contributed by atoms with E-state index in [1.807, 2.05) is 0 Å². The number of aromatic hydroxyl groups is 1. The Hall–Kier alpha value is -2.59. The van der Waals surface area contributed by atoms with E-state index in [9.17, 15) is 18.3 Å². The normalized spacial score (nSPS) is 11.4. The van der Waals surface area contributed by atoms with Crippen molar-refractivity contribution in [2.45, 2.75) is 4.90 Å². The Bertz CT molecular complexity index is 778. The smallest absolute Gasteiger partial charge is 0.360 e. The second-order valence-corrected chi connectivity index (χ2v) is 5.19. The minimum absolute atomic E-state index is 0.220. The van der Waals surface area contributed by atoms with Gasteiger partial charge in [0, 0.05) is 0 Å². The van der Waals surface area contributed by atoms with Crippen LogP contribution >= 0.6 is 0 Å². The summed E-state index contributed by atoms with van der Waals surface area (Å²) in [4.78, 5) is 10.5. The maximum absolute atomic E-state index is 10.9. The van der Waals surface area contributed by atoms with Crippen LogP contribution in [0.25, 0.3) is 5.69 Å². The second-order valence-electron chi connectivity index (χ2n) is 3.77. The summed E-state index contributed by atoms with van der Waals surface area (Å²) in [5, 5.41) is 21.9. The number of nitrogens with zero attached hydrogens (tertiary/aromatic N) is 2. The topological polar surface area (TPSA) is 156 Å². The van der Waals surface area contributed by atoms with Crippen molar-refractivity contribution in [3.05, 3.63) is 30.0 Å². The Morgan fingerprint density at radius 1 is 1.25 bits per heavy atom. The number of anilines is 1. The van der Waals surface area contributed by atoms with Crippen molar-refractivity contribution in [2.75, 3.05) is 5.73 Å². The third-order valence-corrected chi connectivity index (χ3v) is 3.34. The predicted octanol–water partition coefficient (Wildman–Crippen LogP) is 0.105. The lowest BCUT2D eigenvalue weighted by Gasteiger charge is -2.04. The number of hydrogen-bond acceptors (Lipinski definition) is 6. The molecule has 20 heavy (non-hydrogen) atoms. The molecule has 0 aliphatic carbocycles. The molecule has 0 saturated carbocycles. The van der Waals surface area contributed by atoms with E-state index >= 15 is 0 Å². The van der Waals surface area contributed by atoms with Crippen LogP contribution in [0, 0.1) is 0 Å². The zero-order valence-corrected chi connectivity index (χ0v) is 10.6. The number of aromatic carboxylic acids is 1. The SMILES string of the molecule is Nc1c(O)c(C(=O)O)nn1-c1ccc(S(=O)(=O)O)cc1. The summed E-state index contributed by atoms with van der Waals surface area (Å²) >= 11 is 0. The Morgan fingerprint density at radius 3 is 2.20 bits per heavy atom. The van der Waals surface area contributed by atoms with E-state index in [0.717, 1.165) is 16.8 Å². The summed E-state index contributed by atoms with van der Waals surface area (Å²) in [7, 11) is -4.33. The highest BCUT2D eigenvalue weighted by molar-refractivity contribution is 7.85. The number of carboxylic acid groups (broad SMARTS) is 1. The molecule has 1 aromatic heterocycles. The summed E-state index contributed by atoms with van der Waals surface area (Å²) in [6, 6.07) is 4.67. The van der Waals surface area contributed by atoms with Crippen LogP contribution in [0.4, 0.5) is 5.82 Å². The van der Waals surface area contributed by atoms with Crippen LogP contribution in [0.5, 0.6) is 5.75 Å². The van der Waals surface area contributed by atoms with Crippen molar-refractivity contribution >= 4 is 21.9 Å². The van der Waals surface area contributed by atoms with E-state index in [-0.39, 0.29) is 16.4 Å². The molecule has 2 rings (SSSR count). The molecule has 5 N–H and O–H groups in total. The Balaban J connectivity index is 2.53. The van der Waals surface area contributed by atoms with Crippen LogP contribution in [-0.4, -0.2) is 38.9 Å². The van der Waals surface area contributed by atoms with Gasteiger partial charge in [-0.3, -0.25) is 4.55 Å². The lowest BCUT2D eigenvalue weighted by Crippen LogP contribution is -2.04. The number of hydrogen-bond donors (Lipinski definition) is 4. The fourth-order valence-corrected chi connectivity index (χ4v) is 2.00. The maximum atomic E-state index is 10.9. The maximum Gasteiger partial charge on any atom is 0.360 e. The van der Waals surface area contributed by atoms with E-state index in [4.69, 9.17) is 15.4 Å². The van der Waals surface area contributed by atoms with Gasteiger partial charge in [0.05, 0.1) is 10.6 Å². The molecule has 9 nitrogen and oxygen atoms in total. The average molecular weight is 299 g/mol. The van der Waals surface area contributed by atoms with E-state index in [0.29, 0.717) is 0 Å². The molecule has 0 fully saturated rings. The number of rotatable bonds is 3. The second kappa shape index (κ2) is 4.51. The van der Waals surface area contributed by atoms with E-state index in [1.54, 1.807) is 0 Å². The van der Waals surface area contributed by atoms with Gasteiger partial charge in [0.1, 0.15) is 0 Å². The molecular weight excluding hydrogens is 290 g/mol. The average Bonchev–Trinajstić information content (AvgIpc) is 2.66. The molecule has 106 valence electrons. The summed E-state index contributed by atoms with van der Waals surface area (Å²) in [6.45, 7) is 0. The van der Waals surface area contributed by atoms with Crippen molar-refractivity contribution < 1.29 is 28.0 Å². The van der Waals surface area contributed by atoms with Gasteiger partial charge in [-0.05, 0) is 24.3 Å². The van der Waals surface area contributed by atoms with Gasteiger partial charge in [0.25, 0.3) is 10.1 Å². The zero-order valence-electron chi connectivity index (χ0n) is 9.76. The lowest BCUT2D eigenvalue weighted by atomic mass is 10.3. The number of carbonyl (C=O) groups is 1. The van der Waals surface area contributed by atoms with Crippen LogP contribution < -0.4 is 5.73 Å². The van der Waals surface area contributed by atoms with Gasteiger partial charge < -0.3 is 15.9 Å². The highest BCUT2D eigenvalue weighted by Gasteiger charge is 2.21. The first kappa shape index (κ1) is 13.8. The molecule has 0 aliphatic rings. The molecule has 0 unspecified atom stereocenters. The molecule has 1 heterocycles. The van der Waals surface area contributed by atoms with Gasteiger partial charge in [0.15, 0.2) is 11.6 Å². The quantitative estimate of drug-likeness (QED) is 0.581. The molecule has 0 atom stereocenters. The largest absolute Gasteiger partial charge is 0.503 e. The minimum Gasteiger partial charge on any atom is -0.503 e. The number of carboxylic acids is 1. The Labute approximate surface area is 112 Å². The van der Waals surface area contributed by atoms with Crippen molar-refractivity contribution in [3.8, 4) is 11.4 Å². The number of aromatic nitrogens is 2. The van der Waals surface area contributed by atoms with Gasteiger partial charge in [-0.25, -0.2) is 9.48 Å². The molecule has 0 aliphatic heterocycles.